The number of rotatable bonds is 3. The molecule has 0 spiro atoms. The Bertz CT molecular complexity index is 763. The lowest BCUT2D eigenvalue weighted by Gasteiger charge is -2.37. The third-order valence-electron chi connectivity index (χ3n) is 6.19. The predicted octanol–water partition coefficient (Wildman–Crippen LogP) is 3.70. The van der Waals surface area contributed by atoms with Crippen molar-refractivity contribution in [3.8, 4) is 5.75 Å². The molecule has 0 aliphatic carbocycles. The van der Waals surface area contributed by atoms with E-state index in [1.807, 2.05) is 0 Å². The van der Waals surface area contributed by atoms with Crippen LogP contribution in [-0.4, -0.2) is 58.8 Å². The van der Waals surface area contributed by atoms with E-state index in [0.717, 1.165) is 69.5 Å². The zero-order chi connectivity index (χ0) is 19.9. The first-order valence-electron chi connectivity index (χ1n) is 11.3. The first-order chi connectivity index (χ1) is 14.3. The SMILES string of the molecule is CCc1noc(CN2CCCOc3cccc(c3)CCC3CCCCN3CC2)n1. The molecule has 1 atom stereocenters. The number of benzene rings is 1. The highest BCUT2D eigenvalue weighted by molar-refractivity contribution is 5.28. The first-order valence-corrected chi connectivity index (χ1v) is 11.3. The highest BCUT2D eigenvalue weighted by Gasteiger charge is 2.23. The van der Waals surface area contributed by atoms with Crippen molar-refractivity contribution in [3.05, 3.63) is 41.5 Å². The van der Waals surface area contributed by atoms with E-state index < -0.39 is 0 Å². The van der Waals surface area contributed by atoms with Gasteiger partial charge in [0, 0.05) is 32.1 Å². The molecule has 0 radical (unpaired) electrons. The first kappa shape index (κ1) is 20.4. The molecule has 6 nitrogen and oxygen atoms in total. The molecule has 3 heterocycles. The van der Waals surface area contributed by atoms with Crippen molar-refractivity contribution in [2.75, 3.05) is 32.8 Å². The van der Waals surface area contributed by atoms with Crippen molar-refractivity contribution in [2.24, 2.45) is 0 Å². The number of aryl methyl sites for hydroxylation is 2. The van der Waals surface area contributed by atoms with Crippen LogP contribution in [0.2, 0.25) is 0 Å². The van der Waals surface area contributed by atoms with Crippen LogP contribution >= 0.6 is 0 Å². The molecule has 2 aliphatic rings. The molecular weight excluding hydrogens is 364 g/mol. The average molecular weight is 399 g/mol. The number of piperidine rings is 1. The van der Waals surface area contributed by atoms with Crippen molar-refractivity contribution in [1.29, 1.82) is 0 Å². The molecule has 29 heavy (non-hydrogen) atoms. The highest BCUT2D eigenvalue weighted by atomic mass is 16.5. The summed E-state index contributed by atoms with van der Waals surface area (Å²) in [5.41, 5.74) is 1.40. The molecule has 1 unspecified atom stereocenters. The van der Waals surface area contributed by atoms with Gasteiger partial charge in [-0.05, 0) is 56.3 Å². The van der Waals surface area contributed by atoms with E-state index in [0.29, 0.717) is 6.04 Å². The lowest BCUT2D eigenvalue weighted by atomic mass is 9.95. The minimum absolute atomic E-state index is 0.688. The van der Waals surface area contributed by atoms with Crippen molar-refractivity contribution in [2.45, 2.75) is 64.5 Å². The van der Waals surface area contributed by atoms with Crippen molar-refractivity contribution in [1.82, 2.24) is 19.9 Å². The molecule has 158 valence electrons. The van der Waals surface area contributed by atoms with Crippen molar-refractivity contribution in [3.63, 3.8) is 0 Å². The van der Waals surface area contributed by atoms with E-state index in [4.69, 9.17) is 9.26 Å². The van der Waals surface area contributed by atoms with Crippen LogP contribution in [0, 0.1) is 0 Å². The van der Waals surface area contributed by atoms with Crippen LogP contribution in [0.15, 0.2) is 28.8 Å². The summed E-state index contributed by atoms with van der Waals surface area (Å²) in [6.45, 7) is 7.85. The fraction of sp³-hybridized carbons (Fsp3) is 0.652. The molecule has 0 amide bonds. The van der Waals surface area contributed by atoms with Crippen LogP contribution in [0.4, 0.5) is 0 Å². The third-order valence-corrected chi connectivity index (χ3v) is 6.19. The molecule has 0 N–H and O–H groups in total. The van der Waals surface area contributed by atoms with E-state index in [9.17, 15) is 0 Å². The summed E-state index contributed by atoms with van der Waals surface area (Å²) in [7, 11) is 0. The summed E-state index contributed by atoms with van der Waals surface area (Å²) in [5, 5.41) is 4.06. The van der Waals surface area contributed by atoms with Gasteiger partial charge in [0.05, 0.1) is 13.2 Å². The Morgan fingerprint density at radius 2 is 2.03 bits per heavy atom. The summed E-state index contributed by atoms with van der Waals surface area (Å²) in [6.07, 6.45) is 8.16. The molecular formula is C23H34N4O2. The van der Waals surface area contributed by atoms with Gasteiger partial charge in [-0.3, -0.25) is 9.80 Å². The lowest BCUT2D eigenvalue weighted by molar-refractivity contribution is 0.110. The van der Waals surface area contributed by atoms with Gasteiger partial charge in [0.25, 0.3) is 0 Å². The molecule has 1 aromatic heterocycles. The number of hydrogen-bond donors (Lipinski definition) is 0. The zero-order valence-electron chi connectivity index (χ0n) is 17.7. The van der Waals surface area contributed by atoms with E-state index in [2.05, 4.69) is 51.1 Å². The Morgan fingerprint density at radius 1 is 1.07 bits per heavy atom. The van der Waals surface area contributed by atoms with E-state index in [1.165, 1.54) is 37.8 Å². The maximum atomic E-state index is 6.03. The van der Waals surface area contributed by atoms with Crippen LogP contribution < -0.4 is 4.74 Å². The van der Waals surface area contributed by atoms with Crippen molar-refractivity contribution < 1.29 is 9.26 Å². The molecule has 0 saturated carbocycles. The fourth-order valence-electron chi connectivity index (χ4n) is 4.51. The summed E-state index contributed by atoms with van der Waals surface area (Å²) < 4.78 is 11.5. The zero-order valence-corrected chi connectivity index (χ0v) is 17.7. The maximum Gasteiger partial charge on any atom is 0.240 e. The number of nitrogens with zero attached hydrogens (tertiary/aromatic N) is 4. The maximum absolute atomic E-state index is 6.03. The average Bonchev–Trinajstić information content (AvgIpc) is 3.21. The van der Waals surface area contributed by atoms with Gasteiger partial charge < -0.3 is 9.26 Å². The number of aromatic nitrogens is 2. The standard InChI is InChI=1S/C23H34N4O2/c1-2-22-24-23(29-25-22)18-26-12-6-16-28-21-9-5-7-19(17-21)10-11-20-8-3-4-13-27(20)15-14-26/h5,7,9,17,20H,2-4,6,8,10-16,18H2,1H3. The van der Waals surface area contributed by atoms with Crippen LogP contribution in [0.1, 0.15) is 56.3 Å². The lowest BCUT2D eigenvalue weighted by Crippen LogP contribution is -2.44. The van der Waals surface area contributed by atoms with Gasteiger partial charge in [-0.1, -0.05) is 30.6 Å². The highest BCUT2D eigenvalue weighted by Crippen LogP contribution is 2.23. The van der Waals surface area contributed by atoms with Crippen molar-refractivity contribution >= 4 is 0 Å². The Hall–Kier alpha value is -1.92. The van der Waals surface area contributed by atoms with E-state index in [-0.39, 0.29) is 0 Å². The second kappa shape index (κ2) is 10.2. The van der Waals surface area contributed by atoms with Gasteiger partial charge in [0.15, 0.2) is 5.82 Å². The van der Waals surface area contributed by atoms with Gasteiger partial charge in [-0.15, -0.1) is 0 Å². The molecule has 4 rings (SSSR count). The molecule has 2 aliphatic heterocycles. The van der Waals surface area contributed by atoms with Crippen LogP contribution in [0.25, 0.3) is 0 Å². The summed E-state index contributed by atoms with van der Waals surface area (Å²) in [4.78, 5) is 9.68. The predicted molar refractivity (Wildman–Crippen MR) is 113 cm³/mol. The van der Waals surface area contributed by atoms with Gasteiger partial charge in [0.1, 0.15) is 5.75 Å². The Labute approximate surface area is 174 Å². The van der Waals surface area contributed by atoms with E-state index >= 15 is 0 Å². The van der Waals surface area contributed by atoms with Crippen LogP contribution in [-0.2, 0) is 19.4 Å². The summed E-state index contributed by atoms with van der Waals surface area (Å²) >= 11 is 0. The summed E-state index contributed by atoms with van der Waals surface area (Å²) in [5.74, 6) is 2.52. The van der Waals surface area contributed by atoms with Crippen LogP contribution in [0.5, 0.6) is 5.75 Å². The number of fused-ring (bicyclic) bond motifs is 3. The largest absolute Gasteiger partial charge is 0.494 e. The van der Waals surface area contributed by atoms with Gasteiger partial charge in [-0.25, -0.2) is 0 Å². The second-order valence-corrected chi connectivity index (χ2v) is 8.31. The molecule has 1 saturated heterocycles. The monoisotopic (exact) mass is 398 g/mol. The Morgan fingerprint density at radius 3 is 2.93 bits per heavy atom. The molecule has 2 aromatic rings. The minimum atomic E-state index is 0.688. The Balaban J connectivity index is 1.45. The molecule has 6 heteroatoms. The molecule has 1 fully saturated rings. The number of ether oxygens (including phenoxy) is 1. The van der Waals surface area contributed by atoms with Gasteiger partial charge in [-0.2, -0.15) is 4.98 Å². The fourth-order valence-corrected chi connectivity index (χ4v) is 4.51. The Kier molecular flexibility index (Phi) is 7.17. The second-order valence-electron chi connectivity index (χ2n) is 8.31. The quantitative estimate of drug-likeness (QED) is 0.786. The van der Waals surface area contributed by atoms with E-state index in [1.54, 1.807) is 0 Å². The third kappa shape index (κ3) is 5.80. The normalized spacial score (nSPS) is 22.4. The smallest absolute Gasteiger partial charge is 0.240 e. The molecule has 1 aromatic carbocycles. The molecule has 2 bridgehead atoms. The minimum Gasteiger partial charge on any atom is -0.494 e. The van der Waals surface area contributed by atoms with Crippen LogP contribution in [0.3, 0.4) is 0 Å². The summed E-state index contributed by atoms with van der Waals surface area (Å²) in [6, 6.07) is 9.35. The topological polar surface area (TPSA) is 54.6 Å². The number of hydrogen-bond acceptors (Lipinski definition) is 6. The van der Waals surface area contributed by atoms with Gasteiger partial charge >= 0.3 is 0 Å². The van der Waals surface area contributed by atoms with Gasteiger partial charge in [0.2, 0.25) is 5.89 Å².